The summed E-state index contributed by atoms with van der Waals surface area (Å²) in [5.74, 6) is -0.00426. The van der Waals surface area contributed by atoms with Gasteiger partial charge in [0.2, 0.25) is 0 Å². The lowest BCUT2D eigenvalue weighted by Gasteiger charge is -2.12. The molecular weight excluding hydrogens is 240 g/mol. The number of aromatic nitrogens is 4. The van der Waals surface area contributed by atoms with Crippen LogP contribution in [0.2, 0.25) is 0 Å². The van der Waals surface area contributed by atoms with Gasteiger partial charge in [-0.2, -0.15) is 5.10 Å². The van der Waals surface area contributed by atoms with E-state index in [-0.39, 0.29) is 5.78 Å². The molecule has 0 radical (unpaired) electrons. The number of Topliss-reactive ketones (excluding diaryl/α,β-unsaturated/α-hetero) is 1. The van der Waals surface area contributed by atoms with Crippen LogP contribution in [0.3, 0.4) is 0 Å². The van der Waals surface area contributed by atoms with E-state index in [1.54, 1.807) is 0 Å². The minimum absolute atomic E-state index is 0.00426. The average Bonchev–Trinajstić information content (AvgIpc) is 2.89. The predicted octanol–water partition coefficient (Wildman–Crippen LogP) is 2.46. The van der Waals surface area contributed by atoms with E-state index in [1.807, 2.05) is 16.9 Å². The summed E-state index contributed by atoms with van der Waals surface area (Å²) in [6, 6.07) is 2.31. The van der Waals surface area contributed by atoms with E-state index in [4.69, 9.17) is 0 Å². The van der Waals surface area contributed by atoms with E-state index in [1.165, 1.54) is 18.7 Å². The molecule has 0 N–H and O–H groups in total. The van der Waals surface area contributed by atoms with Gasteiger partial charge in [0, 0.05) is 18.6 Å². The van der Waals surface area contributed by atoms with Crippen molar-refractivity contribution in [3.63, 3.8) is 0 Å². The normalized spacial score (nSPS) is 10.9. The minimum atomic E-state index is -0.00426. The Bertz CT molecular complexity index is 531. The van der Waals surface area contributed by atoms with E-state index < -0.39 is 0 Å². The minimum Gasteiger partial charge on any atom is -0.294 e. The van der Waals surface area contributed by atoms with Crippen molar-refractivity contribution in [2.24, 2.45) is 0 Å². The fourth-order valence-electron chi connectivity index (χ4n) is 2.05. The van der Waals surface area contributed by atoms with Crippen molar-refractivity contribution >= 4 is 5.78 Å². The van der Waals surface area contributed by atoms with E-state index >= 15 is 0 Å². The Morgan fingerprint density at radius 2 is 1.95 bits per heavy atom. The summed E-state index contributed by atoms with van der Waals surface area (Å²) in [5.41, 5.74) is 1.32. The first kappa shape index (κ1) is 13.4. The zero-order chi connectivity index (χ0) is 13.7. The molecule has 0 saturated carbocycles. The Kier molecular flexibility index (Phi) is 4.39. The number of carbonyl (C=O) groups excluding carboxylic acids is 1. The number of ketones is 1. The molecule has 100 valence electrons. The SMILES string of the molecule is CCC(CC)n1ccc(CC(=O)c2cncnc2)n1. The average molecular weight is 258 g/mol. The molecule has 0 unspecified atom stereocenters. The Balaban J connectivity index is 2.06. The van der Waals surface area contributed by atoms with Gasteiger partial charge in [-0.25, -0.2) is 9.97 Å². The molecule has 19 heavy (non-hydrogen) atoms. The number of rotatable bonds is 6. The fraction of sp³-hybridized carbons (Fsp3) is 0.429. The molecule has 2 aromatic rings. The highest BCUT2D eigenvalue weighted by atomic mass is 16.1. The van der Waals surface area contributed by atoms with Crippen LogP contribution in [0.1, 0.15) is 48.8 Å². The summed E-state index contributed by atoms with van der Waals surface area (Å²) in [5, 5.41) is 4.47. The second-order valence-electron chi connectivity index (χ2n) is 4.48. The maximum Gasteiger partial charge on any atom is 0.171 e. The molecule has 0 spiro atoms. The van der Waals surface area contributed by atoms with E-state index in [2.05, 4.69) is 28.9 Å². The first-order valence-electron chi connectivity index (χ1n) is 6.56. The number of hydrogen-bond acceptors (Lipinski definition) is 4. The Morgan fingerprint density at radius 1 is 1.26 bits per heavy atom. The second kappa shape index (κ2) is 6.22. The second-order valence-corrected chi connectivity index (χ2v) is 4.48. The van der Waals surface area contributed by atoms with Crippen LogP contribution < -0.4 is 0 Å². The summed E-state index contributed by atoms with van der Waals surface area (Å²) < 4.78 is 1.95. The predicted molar refractivity (Wildman–Crippen MR) is 71.9 cm³/mol. The Hall–Kier alpha value is -2.04. The molecule has 5 nitrogen and oxygen atoms in total. The fourth-order valence-corrected chi connectivity index (χ4v) is 2.05. The molecule has 0 bridgehead atoms. The third kappa shape index (κ3) is 3.24. The first-order chi connectivity index (χ1) is 9.24. The first-order valence-corrected chi connectivity index (χ1v) is 6.56. The number of nitrogens with zero attached hydrogens (tertiary/aromatic N) is 4. The third-order valence-corrected chi connectivity index (χ3v) is 3.20. The van der Waals surface area contributed by atoms with Crippen LogP contribution in [-0.4, -0.2) is 25.5 Å². The lowest BCUT2D eigenvalue weighted by atomic mass is 10.1. The lowest BCUT2D eigenvalue weighted by Crippen LogP contribution is -2.09. The van der Waals surface area contributed by atoms with Gasteiger partial charge in [0.15, 0.2) is 5.78 Å². The molecule has 0 aliphatic heterocycles. The van der Waals surface area contributed by atoms with Crippen molar-refractivity contribution in [3.8, 4) is 0 Å². The Morgan fingerprint density at radius 3 is 2.58 bits per heavy atom. The highest BCUT2D eigenvalue weighted by Crippen LogP contribution is 2.15. The van der Waals surface area contributed by atoms with Crippen molar-refractivity contribution in [1.82, 2.24) is 19.7 Å². The molecule has 5 heteroatoms. The quantitative estimate of drug-likeness (QED) is 0.747. The van der Waals surface area contributed by atoms with Crippen LogP contribution in [0, 0.1) is 0 Å². The number of carbonyl (C=O) groups is 1. The van der Waals surface area contributed by atoms with Crippen LogP contribution in [0.15, 0.2) is 31.0 Å². The van der Waals surface area contributed by atoms with Crippen LogP contribution >= 0.6 is 0 Å². The summed E-state index contributed by atoms with van der Waals surface area (Å²) in [7, 11) is 0. The highest BCUT2D eigenvalue weighted by Gasteiger charge is 2.12. The van der Waals surface area contributed by atoms with Gasteiger partial charge in [0.1, 0.15) is 6.33 Å². The van der Waals surface area contributed by atoms with Crippen LogP contribution in [0.5, 0.6) is 0 Å². The number of hydrogen-bond donors (Lipinski definition) is 0. The van der Waals surface area contributed by atoms with Gasteiger partial charge in [-0.15, -0.1) is 0 Å². The van der Waals surface area contributed by atoms with Gasteiger partial charge in [-0.05, 0) is 18.9 Å². The molecule has 2 aromatic heterocycles. The largest absolute Gasteiger partial charge is 0.294 e. The smallest absolute Gasteiger partial charge is 0.171 e. The van der Waals surface area contributed by atoms with Crippen molar-refractivity contribution in [3.05, 3.63) is 42.2 Å². The van der Waals surface area contributed by atoms with Gasteiger partial charge in [-0.1, -0.05) is 13.8 Å². The monoisotopic (exact) mass is 258 g/mol. The molecule has 0 aliphatic carbocycles. The summed E-state index contributed by atoms with van der Waals surface area (Å²) >= 11 is 0. The van der Waals surface area contributed by atoms with Crippen molar-refractivity contribution in [1.29, 1.82) is 0 Å². The Labute approximate surface area is 112 Å². The summed E-state index contributed by atoms with van der Waals surface area (Å²) in [6.07, 6.45) is 8.80. The van der Waals surface area contributed by atoms with Crippen molar-refractivity contribution < 1.29 is 4.79 Å². The highest BCUT2D eigenvalue weighted by molar-refractivity contribution is 5.96. The van der Waals surface area contributed by atoms with Gasteiger partial charge in [-0.3, -0.25) is 9.48 Å². The standard InChI is InChI=1S/C14H18N4O/c1-3-13(4-2)18-6-5-12(17-18)7-14(19)11-8-15-10-16-9-11/h5-6,8-10,13H,3-4,7H2,1-2H3. The summed E-state index contributed by atoms with van der Waals surface area (Å²) in [4.78, 5) is 19.7. The molecule has 2 rings (SSSR count). The van der Waals surface area contributed by atoms with E-state index in [9.17, 15) is 4.79 Å². The van der Waals surface area contributed by atoms with Gasteiger partial charge in [0.05, 0.1) is 23.7 Å². The van der Waals surface area contributed by atoms with Crippen molar-refractivity contribution in [2.75, 3.05) is 0 Å². The molecule has 0 aliphatic rings. The molecule has 2 heterocycles. The molecule has 0 saturated heterocycles. The molecule has 0 amide bonds. The molecule has 0 atom stereocenters. The van der Waals surface area contributed by atoms with E-state index in [0.29, 0.717) is 18.0 Å². The molecule has 0 aromatic carbocycles. The van der Waals surface area contributed by atoms with Gasteiger partial charge >= 0.3 is 0 Å². The summed E-state index contributed by atoms with van der Waals surface area (Å²) in [6.45, 7) is 4.28. The van der Waals surface area contributed by atoms with Crippen LogP contribution in [-0.2, 0) is 6.42 Å². The maximum absolute atomic E-state index is 12.0. The van der Waals surface area contributed by atoms with Gasteiger partial charge in [0.25, 0.3) is 0 Å². The van der Waals surface area contributed by atoms with Crippen LogP contribution in [0.25, 0.3) is 0 Å². The van der Waals surface area contributed by atoms with Gasteiger partial charge < -0.3 is 0 Å². The zero-order valence-corrected chi connectivity index (χ0v) is 11.3. The lowest BCUT2D eigenvalue weighted by molar-refractivity contribution is 0.0991. The third-order valence-electron chi connectivity index (χ3n) is 3.20. The van der Waals surface area contributed by atoms with E-state index in [0.717, 1.165) is 18.5 Å². The molecule has 0 fully saturated rings. The maximum atomic E-state index is 12.0. The van der Waals surface area contributed by atoms with Crippen molar-refractivity contribution in [2.45, 2.75) is 39.2 Å². The van der Waals surface area contributed by atoms with Crippen LogP contribution in [0.4, 0.5) is 0 Å². The molecular formula is C14H18N4O. The topological polar surface area (TPSA) is 60.7 Å². The zero-order valence-electron chi connectivity index (χ0n) is 11.3.